The monoisotopic (exact) mass is 528 g/mol. The largest absolute Gasteiger partial charge is 0.508 e. The summed E-state index contributed by atoms with van der Waals surface area (Å²) in [7, 11) is -4.29. The summed E-state index contributed by atoms with van der Waals surface area (Å²) < 4.78 is 30.7. The summed E-state index contributed by atoms with van der Waals surface area (Å²) in [6, 6.07) is 13.2. The number of aldehydes is 1. The maximum Gasteiger partial charge on any atom is 0.459 e. The van der Waals surface area contributed by atoms with E-state index in [0.29, 0.717) is 11.8 Å². The molecule has 0 aliphatic rings. The lowest BCUT2D eigenvalue weighted by Crippen LogP contribution is -2.40. The van der Waals surface area contributed by atoms with Gasteiger partial charge in [-0.3, -0.25) is 19.1 Å². The van der Waals surface area contributed by atoms with E-state index >= 15 is 0 Å². The number of phenolic OH excluding ortho intramolecular Hbond substituents is 1. The number of carbonyl (C=O) groups excluding carboxylic acids is 2. The molecule has 0 aliphatic heterocycles. The van der Waals surface area contributed by atoms with Crippen molar-refractivity contribution in [1.29, 1.82) is 0 Å². The summed E-state index contributed by atoms with van der Waals surface area (Å²) in [5.74, 6) is -0.736. The molecule has 0 amide bonds. The number of nitrogens with zero attached hydrogens (tertiary/aromatic N) is 1. The number of hydrogen-bond donors (Lipinski definition) is 3. The Hall–Kier alpha value is -3.72. The van der Waals surface area contributed by atoms with Crippen LogP contribution in [0.2, 0.25) is 0 Å². The van der Waals surface area contributed by atoms with Gasteiger partial charge in [0.15, 0.2) is 6.29 Å². The maximum atomic E-state index is 14.0. The van der Waals surface area contributed by atoms with Gasteiger partial charge in [0.25, 0.3) is 0 Å². The Balaban J connectivity index is 1.93. The van der Waals surface area contributed by atoms with Gasteiger partial charge >= 0.3 is 13.7 Å². The van der Waals surface area contributed by atoms with Crippen LogP contribution >= 0.6 is 7.75 Å². The van der Waals surface area contributed by atoms with Gasteiger partial charge in [-0.2, -0.15) is 5.09 Å². The molecule has 3 N–H and O–H groups in total. The van der Waals surface area contributed by atoms with E-state index in [1.165, 1.54) is 25.3 Å². The quantitative estimate of drug-likeness (QED) is 0.175. The molecule has 10 nitrogen and oxygen atoms in total. The number of benzene rings is 2. The SMILES string of the molecule is Cc1ncc(COP(=O)(N[C@@H](Cc2ccc(O)cc2)C(=O)OC(C)C)Oc2ccccc2)c(C=O)c1O. The van der Waals surface area contributed by atoms with Crippen LogP contribution < -0.4 is 9.61 Å². The molecule has 3 rings (SSSR count). The predicted molar refractivity (Wildman–Crippen MR) is 135 cm³/mol. The van der Waals surface area contributed by atoms with Crippen LogP contribution in [0, 0.1) is 6.92 Å². The number of hydrogen-bond acceptors (Lipinski definition) is 9. The van der Waals surface area contributed by atoms with Crippen LogP contribution in [0.4, 0.5) is 0 Å². The smallest absolute Gasteiger partial charge is 0.459 e. The molecule has 0 fully saturated rings. The number of rotatable bonds is 12. The normalized spacial score (nSPS) is 13.5. The van der Waals surface area contributed by atoms with Gasteiger partial charge in [-0.05, 0) is 57.0 Å². The molecule has 1 unspecified atom stereocenters. The zero-order valence-corrected chi connectivity index (χ0v) is 21.6. The molecule has 2 aromatic carbocycles. The minimum Gasteiger partial charge on any atom is -0.508 e. The summed E-state index contributed by atoms with van der Waals surface area (Å²) in [6.07, 6.45) is 1.38. The molecular weight excluding hydrogens is 499 g/mol. The van der Waals surface area contributed by atoms with Gasteiger partial charge < -0.3 is 19.5 Å². The Morgan fingerprint density at radius 2 is 1.78 bits per heavy atom. The molecule has 1 aromatic heterocycles. The van der Waals surface area contributed by atoms with Crippen molar-refractivity contribution in [2.24, 2.45) is 0 Å². The first-order chi connectivity index (χ1) is 17.6. The Morgan fingerprint density at radius 3 is 2.41 bits per heavy atom. The van der Waals surface area contributed by atoms with Crippen molar-refractivity contribution in [1.82, 2.24) is 10.1 Å². The van der Waals surface area contributed by atoms with E-state index < -0.39 is 32.5 Å². The Labute approximate surface area is 214 Å². The standard InChI is InChI=1S/C26H29N2O8P/c1-17(2)35-26(32)24(13-19-9-11-21(30)12-10-19)28-37(33,36-22-7-5-4-6-8-22)34-16-20-14-27-18(3)25(31)23(20)15-29/h4-12,14-15,17,24,30-31H,13,16H2,1-3H3,(H,28,33)/t24-,37?/m0/s1. The average Bonchev–Trinajstić information content (AvgIpc) is 2.86. The summed E-state index contributed by atoms with van der Waals surface area (Å²) in [5.41, 5.74) is 1.02. The van der Waals surface area contributed by atoms with E-state index in [0.717, 1.165) is 0 Å². The molecule has 0 saturated carbocycles. The second-order valence-corrected chi connectivity index (χ2v) is 10.2. The fourth-order valence-electron chi connectivity index (χ4n) is 3.32. The third kappa shape index (κ3) is 7.88. The lowest BCUT2D eigenvalue weighted by Gasteiger charge is -2.25. The fourth-order valence-corrected chi connectivity index (χ4v) is 4.78. The maximum absolute atomic E-state index is 14.0. The number of aromatic hydroxyl groups is 2. The number of carbonyl (C=O) groups is 2. The third-order valence-corrected chi connectivity index (χ3v) is 6.71. The molecular formula is C26H29N2O8P. The molecule has 196 valence electrons. The van der Waals surface area contributed by atoms with E-state index in [4.69, 9.17) is 13.8 Å². The number of aryl methyl sites for hydroxylation is 1. The lowest BCUT2D eigenvalue weighted by atomic mass is 10.1. The summed E-state index contributed by atoms with van der Waals surface area (Å²) in [4.78, 5) is 28.6. The van der Waals surface area contributed by atoms with Crippen molar-refractivity contribution < 1.29 is 38.2 Å². The van der Waals surface area contributed by atoms with Gasteiger partial charge in [-0.1, -0.05) is 30.3 Å². The number of pyridine rings is 1. The summed E-state index contributed by atoms with van der Waals surface area (Å²) in [5, 5.41) is 22.5. The van der Waals surface area contributed by atoms with Crippen LogP contribution in [0.5, 0.6) is 17.2 Å². The van der Waals surface area contributed by atoms with Crippen LogP contribution in [0.1, 0.15) is 41.0 Å². The highest BCUT2D eigenvalue weighted by Crippen LogP contribution is 2.46. The zero-order valence-electron chi connectivity index (χ0n) is 20.7. The van der Waals surface area contributed by atoms with Gasteiger partial charge in [-0.25, -0.2) is 4.57 Å². The van der Waals surface area contributed by atoms with E-state index in [9.17, 15) is 24.4 Å². The molecule has 0 radical (unpaired) electrons. The Morgan fingerprint density at radius 1 is 1.11 bits per heavy atom. The molecule has 2 atom stereocenters. The van der Waals surface area contributed by atoms with Crippen molar-refractivity contribution in [3.05, 3.63) is 83.2 Å². The minimum absolute atomic E-state index is 0.0454. The number of ether oxygens (including phenoxy) is 1. The van der Waals surface area contributed by atoms with Crippen molar-refractivity contribution in [2.75, 3.05) is 0 Å². The first-order valence-corrected chi connectivity index (χ1v) is 13.0. The van der Waals surface area contributed by atoms with Crippen molar-refractivity contribution >= 4 is 20.0 Å². The lowest BCUT2D eigenvalue weighted by molar-refractivity contribution is -0.149. The molecule has 1 heterocycles. The Bertz CT molecular complexity index is 1270. The molecule has 0 aliphatic carbocycles. The highest BCUT2D eigenvalue weighted by Gasteiger charge is 2.35. The predicted octanol–water partition coefficient (Wildman–Crippen LogP) is 4.47. The van der Waals surface area contributed by atoms with E-state index in [2.05, 4.69) is 10.1 Å². The summed E-state index contributed by atoms with van der Waals surface area (Å²) >= 11 is 0. The minimum atomic E-state index is -4.29. The van der Waals surface area contributed by atoms with Gasteiger partial charge in [0.2, 0.25) is 0 Å². The van der Waals surface area contributed by atoms with Crippen LogP contribution in [0.15, 0.2) is 60.8 Å². The number of para-hydroxylation sites is 1. The first-order valence-electron chi connectivity index (χ1n) is 11.5. The van der Waals surface area contributed by atoms with E-state index in [-0.39, 0.29) is 40.5 Å². The molecule has 0 bridgehead atoms. The second-order valence-electron chi connectivity index (χ2n) is 8.46. The molecule has 11 heteroatoms. The fraction of sp³-hybridized carbons (Fsp3) is 0.269. The number of esters is 1. The van der Waals surface area contributed by atoms with Crippen LogP contribution in [-0.4, -0.2) is 39.6 Å². The first kappa shape index (κ1) is 27.9. The van der Waals surface area contributed by atoms with E-state index in [1.807, 2.05) is 0 Å². The highest BCUT2D eigenvalue weighted by molar-refractivity contribution is 7.52. The molecule has 0 spiro atoms. The third-order valence-electron chi connectivity index (χ3n) is 5.16. The van der Waals surface area contributed by atoms with Crippen molar-refractivity contribution in [3.63, 3.8) is 0 Å². The second kappa shape index (κ2) is 12.5. The summed E-state index contributed by atoms with van der Waals surface area (Å²) in [6.45, 7) is 4.48. The number of aromatic nitrogens is 1. The van der Waals surface area contributed by atoms with Crippen LogP contribution in [0.3, 0.4) is 0 Å². The average molecular weight is 528 g/mol. The Kier molecular flexibility index (Phi) is 9.41. The van der Waals surface area contributed by atoms with Crippen LogP contribution in [-0.2, 0) is 31.6 Å². The topological polar surface area (TPSA) is 144 Å². The van der Waals surface area contributed by atoms with Gasteiger partial charge in [0.1, 0.15) is 23.3 Å². The highest BCUT2D eigenvalue weighted by atomic mass is 31.2. The molecule has 0 saturated heterocycles. The van der Waals surface area contributed by atoms with Crippen LogP contribution in [0.25, 0.3) is 0 Å². The van der Waals surface area contributed by atoms with Crippen molar-refractivity contribution in [2.45, 2.75) is 45.9 Å². The zero-order chi connectivity index (χ0) is 27.0. The molecule has 37 heavy (non-hydrogen) atoms. The number of phenols is 1. The van der Waals surface area contributed by atoms with Crippen molar-refractivity contribution in [3.8, 4) is 17.2 Å². The van der Waals surface area contributed by atoms with Gasteiger partial charge in [0.05, 0.1) is 24.0 Å². The van der Waals surface area contributed by atoms with Gasteiger partial charge in [0, 0.05) is 11.8 Å². The molecule has 3 aromatic rings. The van der Waals surface area contributed by atoms with E-state index in [1.54, 1.807) is 56.3 Å². The van der Waals surface area contributed by atoms with Gasteiger partial charge in [-0.15, -0.1) is 0 Å². The number of nitrogens with one attached hydrogen (secondary N) is 1.